The van der Waals surface area contributed by atoms with E-state index in [9.17, 15) is 77.6 Å². The largest absolute Gasteiger partial charge is 0.481 e. The van der Waals surface area contributed by atoms with Gasteiger partial charge in [-0.1, -0.05) is 27.7 Å². The van der Waals surface area contributed by atoms with E-state index in [4.69, 9.17) is 17.2 Å². The van der Waals surface area contributed by atoms with Crippen molar-refractivity contribution in [1.82, 2.24) is 53.2 Å². The van der Waals surface area contributed by atoms with Crippen molar-refractivity contribution in [1.29, 1.82) is 0 Å². The van der Waals surface area contributed by atoms with Gasteiger partial charge in [0, 0.05) is 24.9 Å². The van der Waals surface area contributed by atoms with Gasteiger partial charge in [-0.2, -0.15) is 25.3 Å². The lowest BCUT2D eigenvalue weighted by molar-refractivity contribution is -0.138. The first-order valence-corrected chi connectivity index (χ1v) is 25.2. The van der Waals surface area contributed by atoms with E-state index < -0.39 is 175 Å². The molecule has 0 saturated heterocycles. The Labute approximate surface area is 445 Å². The van der Waals surface area contributed by atoms with Crippen LogP contribution in [0, 0.1) is 11.8 Å². The molecule has 0 unspecified atom stereocenters. The maximum absolute atomic E-state index is 13.8. The minimum absolute atomic E-state index is 0.0752. The zero-order chi connectivity index (χ0) is 57.9. The SMILES string of the molecule is CC(=O)N[C@@H](CS)C(=O)N[C@H](C(=O)N[C@@H](CC(C)C)C(=O)N[C@@H](CCC(=O)O)C(=O)NCC(=O)N[C@@H](CC(N)=O)C(=O)N[C@@H](CCCCN)C(=O)N[C@H](C(=O)N[C@H](C(=O)N[C@@H](CS)C(N)=O)[C@@H](C)O)C(C)C)[C@@H](C)O. The second-order valence-corrected chi connectivity index (χ2v) is 19.0. The normalized spacial score (nSPS) is 15.5. The van der Waals surface area contributed by atoms with Crippen LogP contribution in [0.15, 0.2) is 0 Å². The summed E-state index contributed by atoms with van der Waals surface area (Å²) in [5.74, 6) is -14.5. The first-order chi connectivity index (χ1) is 34.9. The number of nitrogens with one attached hydrogen (secondary N) is 10. The molecule has 12 amide bonds. The van der Waals surface area contributed by atoms with Gasteiger partial charge in [-0.25, -0.2) is 0 Å². The predicted octanol–water partition coefficient (Wildman–Crippen LogP) is -6.84. The van der Waals surface area contributed by atoms with Crippen LogP contribution in [0.5, 0.6) is 0 Å². The smallest absolute Gasteiger partial charge is 0.303 e. The van der Waals surface area contributed by atoms with E-state index in [1.165, 1.54) is 27.7 Å². The van der Waals surface area contributed by atoms with Crippen LogP contribution in [0.2, 0.25) is 0 Å². The molecule has 0 aromatic rings. The summed E-state index contributed by atoms with van der Waals surface area (Å²) < 4.78 is 0. The summed E-state index contributed by atoms with van der Waals surface area (Å²) in [6.45, 7) is 9.19. The van der Waals surface area contributed by atoms with Gasteiger partial charge in [0.25, 0.3) is 0 Å². The number of carboxylic acid groups (broad SMARTS) is 1. The van der Waals surface area contributed by atoms with Crippen LogP contribution in [-0.4, -0.2) is 183 Å². The average molecular weight is 1110 g/mol. The molecule has 19 N–H and O–H groups in total. The highest BCUT2D eigenvalue weighted by Crippen LogP contribution is 2.11. The molecule has 426 valence electrons. The quantitative estimate of drug-likeness (QED) is 0.0205. The summed E-state index contributed by atoms with van der Waals surface area (Å²) in [7, 11) is 0. The number of primary amides is 2. The zero-order valence-electron chi connectivity index (χ0n) is 43.1. The van der Waals surface area contributed by atoms with Gasteiger partial charge in [-0.15, -0.1) is 0 Å². The third-order valence-electron chi connectivity index (χ3n) is 10.8. The Morgan fingerprint density at radius 3 is 1.39 bits per heavy atom. The number of rotatable bonds is 36. The molecule has 0 aliphatic heterocycles. The second-order valence-electron chi connectivity index (χ2n) is 18.3. The fourth-order valence-corrected chi connectivity index (χ4v) is 7.29. The van der Waals surface area contributed by atoms with Crippen LogP contribution in [-0.2, 0) is 62.3 Å². The molecule has 0 rings (SSSR count). The van der Waals surface area contributed by atoms with E-state index >= 15 is 0 Å². The molecule has 75 heavy (non-hydrogen) atoms. The van der Waals surface area contributed by atoms with Gasteiger partial charge in [0.2, 0.25) is 70.9 Å². The molecule has 0 saturated carbocycles. The maximum atomic E-state index is 13.8. The van der Waals surface area contributed by atoms with E-state index in [1.807, 2.05) is 0 Å². The summed E-state index contributed by atoms with van der Waals surface area (Å²) in [5.41, 5.74) is 16.3. The molecular weight excluding hydrogens is 1030 g/mol. The highest BCUT2D eigenvalue weighted by Gasteiger charge is 2.37. The standard InChI is InChI=1S/C44H77N13O16S2/c1-19(2)14-26(53-43(72)34(21(5)58)56-41(70)29(18-75)49-23(7)60)39(68)52-25(11-12-32(63)64)37(66)48-16-31(62)50-27(15-30(46)61)40(69)51-24(10-8-9-13-45)38(67)55-33(20(3)4)42(71)57-35(22(6)59)44(73)54-28(17-74)36(47)65/h19-22,24-29,33-35,58-59,74-75H,8-18,45H2,1-7H3,(H2,46,61)(H2,47,65)(H,48,66)(H,49,60)(H,50,62)(H,51,69)(H,52,68)(H,53,72)(H,54,73)(H,55,67)(H,56,70)(H,57,71)(H,63,64)/t21-,22-,24+,25+,26+,27+,28+,29+,33+,34+,35+/m1/s1. The van der Waals surface area contributed by atoms with Crippen molar-refractivity contribution >= 4 is 102 Å². The number of unbranched alkanes of at least 4 members (excludes halogenated alkanes) is 1. The molecule has 0 aliphatic rings. The van der Waals surface area contributed by atoms with E-state index in [0.29, 0.717) is 6.42 Å². The Morgan fingerprint density at radius 1 is 0.507 bits per heavy atom. The Kier molecular flexibility index (Phi) is 32.1. The minimum Gasteiger partial charge on any atom is -0.481 e. The van der Waals surface area contributed by atoms with Gasteiger partial charge < -0.3 is 85.7 Å². The number of carboxylic acids is 1. The van der Waals surface area contributed by atoms with Crippen LogP contribution in [0.25, 0.3) is 0 Å². The first-order valence-electron chi connectivity index (χ1n) is 23.9. The van der Waals surface area contributed by atoms with Crippen molar-refractivity contribution in [3.05, 3.63) is 0 Å². The Morgan fingerprint density at radius 2 is 0.947 bits per heavy atom. The number of carbonyl (C=O) groups excluding carboxylic acids is 12. The summed E-state index contributed by atoms with van der Waals surface area (Å²) in [5, 5.41) is 53.5. The number of aliphatic carboxylic acids is 1. The van der Waals surface area contributed by atoms with Crippen molar-refractivity contribution in [2.24, 2.45) is 29.0 Å². The van der Waals surface area contributed by atoms with Gasteiger partial charge in [0.05, 0.1) is 25.2 Å². The molecule has 0 radical (unpaired) electrons. The van der Waals surface area contributed by atoms with Crippen LogP contribution >= 0.6 is 25.3 Å². The van der Waals surface area contributed by atoms with Gasteiger partial charge in [0.1, 0.15) is 54.4 Å². The van der Waals surface area contributed by atoms with Crippen molar-refractivity contribution in [3.63, 3.8) is 0 Å². The van der Waals surface area contributed by atoms with Gasteiger partial charge in [-0.05, 0) is 64.3 Å². The van der Waals surface area contributed by atoms with Crippen molar-refractivity contribution in [2.45, 2.75) is 160 Å². The van der Waals surface area contributed by atoms with Gasteiger partial charge in [-0.3, -0.25) is 62.3 Å². The number of hydrogen-bond donors (Lipinski definition) is 18. The molecule has 0 aliphatic carbocycles. The average Bonchev–Trinajstić information content (AvgIpc) is 3.30. The number of aliphatic hydroxyl groups is 2. The third-order valence-corrected chi connectivity index (χ3v) is 11.5. The van der Waals surface area contributed by atoms with Gasteiger partial charge >= 0.3 is 5.97 Å². The van der Waals surface area contributed by atoms with Crippen molar-refractivity contribution < 1.29 is 77.6 Å². The molecule has 0 aromatic carbocycles. The summed E-state index contributed by atoms with van der Waals surface area (Å²) >= 11 is 7.98. The molecule has 0 aromatic heterocycles. The summed E-state index contributed by atoms with van der Waals surface area (Å²) in [6, 6.07) is -13.5. The van der Waals surface area contributed by atoms with Crippen molar-refractivity contribution in [3.8, 4) is 0 Å². The Balaban J connectivity index is 6.38. The van der Waals surface area contributed by atoms with Crippen LogP contribution in [0.1, 0.15) is 93.4 Å². The Bertz CT molecular complexity index is 2010. The molecule has 31 heteroatoms. The van der Waals surface area contributed by atoms with Gasteiger partial charge in [0.15, 0.2) is 0 Å². The fraction of sp³-hybridized carbons (Fsp3) is 0.705. The lowest BCUT2D eigenvalue weighted by Crippen LogP contribution is -2.62. The predicted molar refractivity (Wildman–Crippen MR) is 274 cm³/mol. The van der Waals surface area contributed by atoms with Crippen LogP contribution < -0.4 is 70.4 Å². The zero-order valence-corrected chi connectivity index (χ0v) is 44.8. The molecule has 0 spiro atoms. The Hall–Kier alpha value is -6.31. The number of nitrogens with two attached hydrogens (primary N) is 3. The third kappa shape index (κ3) is 26.7. The monoisotopic (exact) mass is 1110 g/mol. The fourth-order valence-electron chi connectivity index (χ4n) is 6.76. The number of amides is 12. The van der Waals surface area contributed by atoms with Crippen LogP contribution in [0.4, 0.5) is 0 Å². The van der Waals surface area contributed by atoms with Crippen LogP contribution in [0.3, 0.4) is 0 Å². The molecule has 0 fully saturated rings. The lowest BCUT2D eigenvalue weighted by atomic mass is 10.0. The lowest BCUT2D eigenvalue weighted by Gasteiger charge is -2.29. The number of hydrogen-bond acceptors (Lipinski definition) is 18. The molecule has 11 atom stereocenters. The van der Waals surface area contributed by atoms with Crippen molar-refractivity contribution in [2.75, 3.05) is 24.6 Å². The molecule has 29 nitrogen and oxygen atoms in total. The second kappa shape index (κ2) is 35.0. The number of aliphatic hydroxyl groups excluding tert-OH is 2. The van der Waals surface area contributed by atoms with E-state index in [0.717, 1.165) is 6.92 Å². The number of thiol groups is 2. The maximum Gasteiger partial charge on any atom is 0.303 e. The molecule has 0 bridgehead atoms. The molecule has 0 heterocycles. The highest BCUT2D eigenvalue weighted by atomic mass is 32.1. The highest BCUT2D eigenvalue weighted by molar-refractivity contribution is 7.80. The van der Waals surface area contributed by atoms with E-state index in [-0.39, 0.29) is 43.2 Å². The minimum atomic E-state index is -1.78. The molecular formula is C44H77N13O16S2. The summed E-state index contributed by atoms with van der Waals surface area (Å²) in [4.78, 5) is 168. The summed E-state index contributed by atoms with van der Waals surface area (Å²) in [6.07, 6.45) is -4.66. The first kappa shape index (κ1) is 68.7. The van der Waals surface area contributed by atoms with E-state index in [1.54, 1.807) is 13.8 Å². The topological polar surface area (TPSA) is 481 Å². The van der Waals surface area contributed by atoms with E-state index in [2.05, 4.69) is 78.4 Å². The number of carbonyl (C=O) groups is 13.